The molecule has 20 heavy (non-hydrogen) atoms. The van der Waals surface area contributed by atoms with Crippen LogP contribution in [0.3, 0.4) is 0 Å². The Bertz CT molecular complexity index is 424. The van der Waals surface area contributed by atoms with Gasteiger partial charge in [0.2, 0.25) is 5.91 Å². The summed E-state index contributed by atoms with van der Waals surface area (Å²) in [4.78, 5) is 14.3. The number of rotatable bonds is 5. The van der Waals surface area contributed by atoms with E-state index in [-0.39, 0.29) is 12.0 Å². The van der Waals surface area contributed by atoms with Gasteiger partial charge in [-0.3, -0.25) is 9.69 Å². The fourth-order valence-corrected chi connectivity index (χ4v) is 2.33. The highest BCUT2D eigenvalue weighted by Gasteiger charge is 2.21. The van der Waals surface area contributed by atoms with E-state index in [4.69, 9.17) is 10.5 Å². The highest BCUT2D eigenvalue weighted by atomic mass is 16.5. The van der Waals surface area contributed by atoms with Gasteiger partial charge in [-0.25, -0.2) is 0 Å². The fraction of sp³-hybridized carbons (Fsp3) is 0.533. The third-order valence-corrected chi connectivity index (χ3v) is 3.62. The highest BCUT2D eigenvalue weighted by molar-refractivity contribution is 5.82. The van der Waals surface area contributed by atoms with Gasteiger partial charge in [0.1, 0.15) is 6.04 Å². The van der Waals surface area contributed by atoms with E-state index in [1.165, 1.54) is 0 Å². The molecular formula is C15H23N3O2. The molecule has 1 aliphatic rings. The quantitative estimate of drug-likeness (QED) is 0.823. The molecule has 1 fully saturated rings. The molecule has 1 amide bonds. The Hall–Kier alpha value is -1.43. The smallest absolute Gasteiger partial charge is 0.241 e. The summed E-state index contributed by atoms with van der Waals surface area (Å²) in [6.07, 6.45) is 0.0515. The zero-order valence-corrected chi connectivity index (χ0v) is 11.9. The Morgan fingerprint density at radius 2 is 2.25 bits per heavy atom. The number of hydrogen-bond acceptors (Lipinski definition) is 4. The lowest BCUT2D eigenvalue weighted by molar-refractivity contribution is -0.123. The summed E-state index contributed by atoms with van der Waals surface area (Å²) >= 11 is 0. The lowest BCUT2D eigenvalue weighted by Gasteiger charge is -2.32. The zero-order chi connectivity index (χ0) is 14.4. The Kier molecular flexibility index (Phi) is 5.52. The first-order valence-corrected chi connectivity index (χ1v) is 7.13. The van der Waals surface area contributed by atoms with E-state index in [0.717, 1.165) is 31.8 Å². The van der Waals surface area contributed by atoms with Gasteiger partial charge >= 0.3 is 0 Å². The van der Waals surface area contributed by atoms with Crippen molar-refractivity contribution in [2.45, 2.75) is 19.1 Å². The van der Waals surface area contributed by atoms with Crippen molar-refractivity contribution < 1.29 is 9.53 Å². The average Bonchev–Trinajstić information content (AvgIpc) is 2.53. The van der Waals surface area contributed by atoms with E-state index in [0.29, 0.717) is 6.54 Å². The minimum absolute atomic E-state index is 0.0515. The average molecular weight is 277 g/mol. The summed E-state index contributed by atoms with van der Waals surface area (Å²) in [6.45, 7) is 6.19. The summed E-state index contributed by atoms with van der Waals surface area (Å²) < 4.78 is 5.65. The van der Waals surface area contributed by atoms with Crippen LogP contribution in [0.4, 0.5) is 0 Å². The second-order valence-electron chi connectivity index (χ2n) is 5.02. The van der Waals surface area contributed by atoms with Crippen LogP contribution in [0.25, 0.3) is 0 Å². The first-order chi connectivity index (χ1) is 9.70. The first-order valence-electron chi connectivity index (χ1n) is 7.13. The molecule has 5 heteroatoms. The van der Waals surface area contributed by atoms with E-state index >= 15 is 0 Å². The van der Waals surface area contributed by atoms with Crippen molar-refractivity contribution in [3.63, 3.8) is 0 Å². The molecule has 0 aliphatic carbocycles. The van der Waals surface area contributed by atoms with E-state index in [9.17, 15) is 4.79 Å². The SMILES string of the molecule is CCN1CCOC(CNC(=O)C(N)c2ccccc2)C1. The predicted octanol–water partition coefficient (Wildman–Crippen LogP) is 0.523. The molecular weight excluding hydrogens is 254 g/mol. The Balaban J connectivity index is 1.80. The molecule has 0 saturated carbocycles. The third-order valence-electron chi connectivity index (χ3n) is 3.62. The number of benzene rings is 1. The molecule has 1 saturated heterocycles. The summed E-state index contributed by atoms with van der Waals surface area (Å²) in [5.74, 6) is -0.159. The van der Waals surface area contributed by atoms with Crippen molar-refractivity contribution in [3.8, 4) is 0 Å². The van der Waals surface area contributed by atoms with Crippen LogP contribution in [0.5, 0.6) is 0 Å². The number of nitrogens with zero attached hydrogens (tertiary/aromatic N) is 1. The van der Waals surface area contributed by atoms with Crippen molar-refractivity contribution in [1.82, 2.24) is 10.2 Å². The molecule has 1 aromatic carbocycles. The zero-order valence-electron chi connectivity index (χ0n) is 11.9. The lowest BCUT2D eigenvalue weighted by Crippen LogP contribution is -2.48. The van der Waals surface area contributed by atoms with E-state index < -0.39 is 6.04 Å². The largest absolute Gasteiger partial charge is 0.374 e. The molecule has 0 spiro atoms. The van der Waals surface area contributed by atoms with Crippen molar-refractivity contribution >= 4 is 5.91 Å². The molecule has 0 aromatic heterocycles. The molecule has 0 radical (unpaired) electrons. The minimum atomic E-state index is -0.623. The van der Waals surface area contributed by atoms with Crippen molar-refractivity contribution in [3.05, 3.63) is 35.9 Å². The van der Waals surface area contributed by atoms with Gasteiger partial charge in [0, 0.05) is 19.6 Å². The summed E-state index contributed by atoms with van der Waals surface area (Å²) in [7, 11) is 0. The van der Waals surface area contributed by atoms with Crippen LogP contribution >= 0.6 is 0 Å². The second kappa shape index (κ2) is 7.38. The number of likely N-dealkylation sites (N-methyl/N-ethyl adjacent to an activating group) is 1. The summed E-state index contributed by atoms with van der Waals surface area (Å²) in [5, 5.41) is 2.88. The normalized spacial score (nSPS) is 21.4. The summed E-state index contributed by atoms with van der Waals surface area (Å²) in [5.41, 5.74) is 6.77. The highest BCUT2D eigenvalue weighted by Crippen LogP contribution is 2.10. The molecule has 2 unspecified atom stereocenters. The Morgan fingerprint density at radius 1 is 1.50 bits per heavy atom. The number of nitrogens with one attached hydrogen (secondary N) is 1. The van der Waals surface area contributed by atoms with Gasteiger partial charge in [-0.1, -0.05) is 37.3 Å². The van der Waals surface area contributed by atoms with Gasteiger partial charge in [0.25, 0.3) is 0 Å². The maximum Gasteiger partial charge on any atom is 0.241 e. The van der Waals surface area contributed by atoms with Crippen molar-refractivity contribution in [1.29, 1.82) is 0 Å². The standard InChI is InChI=1S/C15H23N3O2/c1-2-18-8-9-20-13(11-18)10-17-15(19)14(16)12-6-4-3-5-7-12/h3-7,13-14H,2,8-11,16H2,1H3,(H,17,19). The van der Waals surface area contributed by atoms with Crippen molar-refractivity contribution in [2.24, 2.45) is 5.73 Å². The van der Waals surface area contributed by atoms with E-state index in [1.54, 1.807) is 0 Å². The molecule has 0 bridgehead atoms. The minimum Gasteiger partial charge on any atom is -0.374 e. The number of hydrogen-bond donors (Lipinski definition) is 2. The number of nitrogens with two attached hydrogens (primary N) is 1. The van der Waals surface area contributed by atoms with Gasteiger partial charge in [-0.15, -0.1) is 0 Å². The third kappa shape index (κ3) is 4.03. The van der Waals surface area contributed by atoms with Gasteiger partial charge in [0.05, 0.1) is 12.7 Å². The van der Waals surface area contributed by atoms with Crippen LogP contribution < -0.4 is 11.1 Å². The topological polar surface area (TPSA) is 67.6 Å². The second-order valence-corrected chi connectivity index (χ2v) is 5.02. The van der Waals surface area contributed by atoms with Crippen LogP contribution in [-0.2, 0) is 9.53 Å². The van der Waals surface area contributed by atoms with Crippen LogP contribution in [0.2, 0.25) is 0 Å². The fourth-order valence-electron chi connectivity index (χ4n) is 2.33. The number of carbonyl (C=O) groups is 1. The van der Waals surface area contributed by atoms with Crippen LogP contribution in [-0.4, -0.2) is 49.7 Å². The molecule has 5 nitrogen and oxygen atoms in total. The lowest BCUT2D eigenvalue weighted by atomic mass is 10.1. The van der Waals surface area contributed by atoms with E-state index in [2.05, 4.69) is 17.1 Å². The van der Waals surface area contributed by atoms with Crippen LogP contribution in [0.1, 0.15) is 18.5 Å². The van der Waals surface area contributed by atoms with Gasteiger partial charge in [-0.2, -0.15) is 0 Å². The van der Waals surface area contributed by atoms with Gasteiger partial charge in [-0.05, 0) is 12.1 Å². The van der Waals surface area contributed by atoms with E-state index in [1.807, 2.05) is 30.3 Å². The summed E-state index contributed by atoms with van der Waals surface area (Å²) in [6, 6.07) is 8.77. The van der Waals surface area contributed by atoms with Crippen molar-refractivity contribution in [2.75, 3.05) is 32.8 Å². The molecule has 1 heterocycles. The Morgan fingerprint density at radius 3 is 2.95 bits per heavy atom. The van der Waals surface area contributed by atoms with Gasteiger partial charge in [0.15, 0.2) is 0 Å². The number of carbonyl (C=O) groups excluding carboxylic acids is 1. The maximum absolute atomic E-state index is 12.0. The number of amides is 1. The maximum atomic E-state index is 12.0. The molecule has 3 N–H and O–H groups in total. The molecule has 1 aliphatic heterocycles. The molecule has 2 atom stereocenters. The molecule has 2 rings (SSSR count). The number of morpholine rings is 1. The first kappa shape index (κ1) is 15.0. The number of ether oxygens (including phenoxy) is 1. The molecule has 110 valence electrons. The van der Waals surface area contributed by atoms with Crippen LogP contribution in [0.15, 0.2) is 30.3 Å². The Labute approximate surface area is 120 Å². The molecule has 1 aromatic rings. The van der Waals surface area contributed by atoms with Gasteiger partial charge < -0.3 is 15.8 Å². The predicted molar refractivity (Wildman–Crippen MR) is 78.2 cm³/mol. The monoisotopic (exact) mass is 277 g/mol. The van der Waals surface area contributed by atoms with Crippen LogP contribution in [0, 0.1) is 0 Å².